The quantitative estimate of drug-likeness (QED) is 0.761. The van der Waals surface area contributed by atoms with Crippen LogP contribution in [0, 0.1) is 0 Å². The minimum absolute atomic E-state index is 0.174. The van der Waals surface area contributed by atoms with E-state index in [9.17, 15) is 4.79 Å². The van der Waals surface area contributed by atoms with Crippen LogP contribution in [-0.2, 0) is 17.8 Å². The molecule has 1 atom stereocenters. The van der Waals surface area contributed by atoms with E-state index in [0.717, 1.165) is 42.2 Å². The zero-order valence-electron chi connectivity index (χ0n) is 14.7. The molecule has 1 aromatic heterocycles. The van der Waals surface area contributed by atoms with Crippen LogP contribution in [0.25, 0.3) is 11.3 Å². The second-order valence-electron chi connectivity index (χ2n) is 6.45. The number of aryl methyl sites for hydroxylation is 1. The van der Waals surface area contributed by atoms with E-state index < -0.39 is 6.10 Å². The first kappa shape index (κ1) is 16.4. The van der Waals surface area contributed by atoms with Gasteiger partial charge in [-0.1, -0.05) is 30.3 Å². The Bertz CT molecular complexity index is 901. The van der Waals surface area contributed by atoms with Gasteiger partial charge in [-0.05, 0) is 43.2 Å². The van der Waals surface area contributed by atoms with E-state index in [1.54, 1.807) is 6.92 Å². The first-order valence-electron chi connectivity index (χ1n) is 8.88. The molecule has 4 rings (SSSR count). The highest BCUT2D eigenvalue weighted by molar-refractivity contribution is 5.94. The molecule has 5 nitrogen and oxygen atoms in total. The van der Waals surface area contributed by atoms with Gasteiger partial charge >= 0.3 is 0 Å². The Balaban J connectivity index is 1.41. The SMILES string of the molecule is C[C@H](Oc1ccccc1)C(=O)Nc1ccc(-c2cnc3n2CCC3)cc1. The summed E-state index contributed by atoms with van der Waals surface area (Å²) >= 11 is 0. The normalized spacial score (nSPS) is 13.9. The fourth-order valence-electron chi connectivity index (χ4n) is 3.21. The molecule has 132 valence electrons. The van der Waals surface area contributed by atoms with Crippen LogP contribution in [0.3, 0.4) is 0 Å². The maximum absolute atomic E-state index is 12.3. The molecule has 5 heteroatoms. The van der Waals surface area contributed by atoms with Crippen molar-refractivity contribution in [3.8, 4) is 17.0 Å². The number of benzene rings is 2. The number of carbonyl (C=O) groups excluding carboxylic acids is 1. The first-order chi connectivity index (χ1) is 12.7. The van der Waals surface area contributed by atoms with Crippen LogP contribution < -0.4 is 10.1 Å². The van der Waals surface area contributed by atoms with E-state index in [4.69, 9.17) is 4.74 Å². The molecule has 2 heterocycles. The molecule has 3 aromatic rings. The Labute approximate surface area is 152 Å². The smallest absolute Gasteiger partial charge is 0.265 e. The molecule has 1 N–H and O–H groups in total. The van der Waals surface area contributed by atoms with Crippen molar-refractivity contribution in [3.05, 3.63) is 66.6 Å². The fourth-order valence-corrected chi connectivity index (χ4v) is 3.21. The number of fused-ring (bicyclic) bond motifs is 1. The standard InChI is InChI=1S/C21H21N3O2/c1-15(26-18-6-3-2-4-7-18)21(25)23-17-11-9-16(10-12-17)19-14-22-20-8-5-13-24(19)20/h2-4,6-7,9-12,14-15H,5,8,13H2,1H3,(H,23,25)/t15-/m0/s1. The van der Waals surface area contributed by atoms with Crippen molar-refractivity contribution in [2.24, 2.45) is 0 Å². The average molecular weight is 347 g/mol. The fraction of sp³-hybridized carbons (Fsp3) is 0.238. The molecule has 0 saturated carbocycles. The number of rotatable bonds is 5. The lowest BCUT2D eigenvalue weighted by Crippen LogP contribution is -2.30. The van der Waals surface area contributed by atoms with Crippen LogP contribution >= 0.6 is 0 Å². The predicted octanol–water partition coefficient (Wildman–Crippen LogP) is 3.90. The van der Waals surface area contributed by atoms with Gasteiger partial charge in [0.25, 0.3) is 5.91 Å². The van der Waals surface area contributed by atoms with Crippen LogP contribution in [0.4, 0.5) is 5.69 Å². The van der Waals surface area contributed by atoms with Crippen LogP contribution in [0.5, 0.6) is 5.75 Å². The zero-order valence-corrected chi connectivity index (χ0v) is 14.7. The second kappa shape index (κ2) is 7.04. The maximum atomic E-state index is 12.3. The average Bonchev–Trinajstić information content (AvgIpc) is 3.27. The lowest BCUT2D eigenvalue weighted by atomic mass is 10.1. The number of ether oxygens (including phenoxy) is 1. The van der Waals surface area contributed by atoms with Gasteiger partial charge in [-0.15, -0.1) is 0 Å². The molecule has 1 aliphatic heterocycles. The van der Waals surface area contributed by atoms with E-state index in [1.165, 1.54) is 0 Å². The van der Waals surface area contributed by atoms with Crippen LogP contribution in [0.15, 0.2) is 60.8 Å². The number of hydrogen-bond donors (Lipinski definition) is 1. The summed E-state index contributed by atoms with van der Waals surface area (Å²) in [4.78, 5) is 16.8. The van der Waals surface area contributed by atoms with Crippen LogP contribution in [0.1, 0.15) is 19.2 Å². The van der Waals surface area contributed by atoms with Crippen molar-refractivity contribution in [1.82, 2.24) is 9.55 Å². The molecule has 0 aliphatic carbocycles. The summed E-state index contributed by atoms with van der Waals surface area (Å²) in [6.45, 7) is 2.77. The Hall–Kier alpha value is -3.08. The lowest BCUT2D eigenvalue weighted by Gasteiger charge is -2.15. The molecule has 0 radical (unpaired) electrons. The molecule has 0 spiro atoms. The summed E-state index contributed by atoms with van der Waals surface area (Å²) in [5.41, 5.74) is 3.00. The van der Waals surface area contributed by atoms with Crippen molar-refractivity contribution in [3.63, 3.8) is 0 Å². The predicted molar refractivity (Wildman–Crippen MR) is 101 cm³/mol. The number of hydrogen-bond acceptors (Lipinski definition) is 3. The lowest BCUT2D eigenvalue weighted by molar-refractivity contribution is -0.122. The largest absolute Gasteiger partial charge is 0.481 e. The van der Waals surface area contributed by atoms with Crippen molar-refractivity contribution in [2.75, 3.05) is 5.32 Å². The van der Waals surface area contributed by atoms with Crippen molar-refractivity contribution >= 4 is 11.6 Å². The number of nitrogens with one attached hydrogen (secondary N) is 1. The van der Waals surface area contributed by atoms with E-state index in [-0.39, 0.29) is 5.91 Å². The number of para-hydroxylation sites is 1. The van der Waals surface area contributed by atoms with Crippen LogP contribution in [-0.4, -0.2) is 21.6 Å². The van der Waals surface area contributed by atoms with Gasteiger partial charge in [0.1, 0.15) is 11.6 Å². The topological polar surface area (TPSA) is 56.1 Å². The van der Waals surface area contributed by atoms with Gasteiger partial charge in [-0.25, -0.2) is 4.98 Å². The molecule has 1 aliphatic rings. The Morgan fingerprint density at radius 2 is 1.92 bits per heavy atom. The first-order valence-corrected chi connectivity index (χ1v) is 8.88. The molecule has 0 fully saturated rings. The van der Waals surface area contributed by atoms with Gasteiger partial charge in [0.15, 0.2) is 6.10 Å². The molecular weight excluding hydrogens is 326 g/mol. The number of amides is 1. The second-order valence-corrected chi connectivity index (χ2v) is 6.45. The molecule has 26 heavy (non-hydrogen) atoms. The number of nitrogens with zero attached hydrogens (tertiary/aromatic N) is 2. The number of anilines is 1. The van der Waals surface area contributed by atoms with E-state index in [1.807, 2.05) is 60.8 Å². The summed E-state index contributed by atoms with van der Waals surface area (Å²) in [5, 5.41) is 2.90. The number of carbonyl (C=O) groups is 1. The third kappa shape index (κ3) is 3.33. The monoisotopic (exact) mass is 347 g/mol. The molecule has 0 unspecified atom stereocenters. The molecule has 1 amide bonds. The summed E-state index contributed by atoms with van der Waals surface area (Å²) < 4.78 is 7.92. The van der Waals surface area contributed by atoms with E-state index >= 15 is 0 Å². The summed E-state index contributed by atoms with van der Waals surface area (Å²) in [5.74, 6) is 1.66. The van der Waals surface area contributed by atoms with E-state index in [2.05, 4.69) is 14.9 Å². The van der Waals surface area contributed by atoms with Gasteiger partial charge in [0.2, 0.25) is 0 Å². The summed E-state index contributed by atoms with van der Waals surface area (Å²) in [6, 6.07) is 17.2. The Kier molecular flexibility index (Phi) is 4.44. The highest BCUT2D eigenvalue weighted by atomic mass is 16.5. The highest BCUT2D eigenvalue weighted by Crippen LogP contribution is 2.26. The van der Waals surface area contributed by atoms with Gasteiger partial charge in [-0.3, -0.25) is 4.79 Å². The van der Waals surface area contributed by atoms with E-state index in [0.29, 0.717) is 5.75 Å². The van der Waals surface area contributed by atoms with Gasteiger partial charge < -0.3 is 14.6 Å². The Morgan fingerprint density at radius 1 is 1.15 bits per heavy atom. The molecule has 0 saturated heterocycles. The summed E-state index contributed by atoms with van der Waals surface area (Å²) in [7, 11) is 0. The van der Waals surface area contributed by atoms with Gasteiger partial charge in [-0.2, -0.15) is 0 Å². The van der Waals surface area contributed by atoms with Crippen LogP contribution in [0.2, 0.25) is 0 Å². The molecular formula is C21H21N3O2. The zero-order chi connectivity index (χ0) is 17.9. The highest BCUT2D eigenvalue weighted by Gasteiger charge is 2.17. The molecule has 0 bridgehead atoms. The van der Waals surface area contributed by atoms with Gasteiger partial charge in [0, 0.05) is 18.7 Å². The minimum atomic E-state index is -0.574. The van der Waals surface area contributed by atoms with Gasteiger partial charge in [0.05, 0.1) is 11.9 Å². The van der Waals surface area contributed by atoms with Crippen molar-refractivity contribution < 1.29 is 9.53 Å². The number of aromatic nitrogens is 2. The van der Waals surface area contributed by atoms with Crippen molar-refractivity contribution in [2.45, 2.75) is 32.4 Å². The third-order valence-corrected chi connectivity index (χ3v) is 4.59. The van der Waals surface area contributed by atoms with Crippen molar-refractivity contribution in [1.29, 1.82) is 0 Å². The number of imidazole rings is 1. The molecule has 2 aromatic carbocycles. The third-order valence-electron chi connectivity index (χ3n) is 4.59. The maximum Gasteiger partial charge on any atom is 0.265 e. The minimum Gasteiger partial charge on any atom is -0.481 e. The Morgan fingerprint density at radius 3 is 2.69 bits per heavy atom. The summed E-state index contributed by atoms with van der Waals surface area (Å²) in [6.07, 6.45) is 3.56.